The molecule has 4 nitrogen and oxygen atoms in total. The molecule has 0 bridgehead atoms. The van der Waals surface area contributed by atoms with Gasteiger partial charge in [0.05, 0.1) is 16.6 Å². The van der Waals surface area contributed by atoms with E-state index >= 15 is 0 Å². The lowest BCUT2D eigenvalue weighted by atomic mass is 10.2. The summed E-state index contributed by atoms with van der Waals surface area (Å²) >= 11 is 5.84. The van der Waals surface area contributed by atoms with Gasteiger partial charge in [0.15, 0.2) is 5.76 Å². The maximum absolute atomic E-state index is 12.4. The van der Waals surface area contributed by atoms with Gasteiger partial charge in [0.1, 0.15) is 5.76 Å². The van der Waals surface area contributed by atoms with Crippen LogP contribution in [0.5, 0.6) is 0 Å². The van der Waals surface area contributed by atoms with Gasteiger partial charge in [0.2, 0.25) is 0 Å². The summed E-state index contributed by atoms with van der Waals surface area (Å²) in [6.45, 7) is 2.36. The van der Waals surface area contributed by atoms with E-state index in [4.69, 9.17) is 16.0 Å². The Labute approximate surface area is 159 Å². The second-order valence-electron chi connectivity index (χ2n) is 5.88. The Balaban J connectivity index is 1.58. The van der Waals surface area contributed by atoms with Crippen molar-refractivity contribution >= 4 is 28.3 Å². The van der Waals surface area contributed by atoms with Crippen LogP contribution in [0.1, 0.15) is 27.4 Å². The highest BCUT2D eigenvalue weighted by Gasteiger charge is 2.13. The molecule has 1 N–H and O–H groups in total. The molecule has 3 aromatic rings. The van der Waals surface area contributed by atoms with E-state index in [1.165, 1.54) is 0 Å². The van der Waals surface area contributed by atoms with Gasteiger partial charge in [-0.3, -0.25) is 9.00 Å². The summed E-state index contributed by atoms with van der Waals surface area (Å²) in [4.78, 5) is 12.9. The van der Waals surface area contributed by atoms with E-state index in [2.05, 4.69) is 5.32 Å². The zero-order chi connectivity index (χ0) is 18.5. The highest BCUT2D eigenvalue weighted by Crippen LogP contribution is 2.16. The monoisotopic (exact) mass is 387 g/mol. The number of carbonyl (C=O) groups is 1. The number of rotatable bonds is 6. The third-order valence-corrected chi connectivity index (χ3v) is 5.41. The van der Waals surface area contributed by atoms with Crippen LogP contribution in [0.15, 0.2) is 70.0 Å². The molecule has 1 amide bonds. The third-order valence-electron chi connectivity index (χ3n) is 3.81. The molecule has 0 saturated heterocycles. The van der Waals surface area contributed by atoms with Crippen LogP contribution in [0.4, 0.5) is 0 Å². The molecule has 0 aliphatic heterocycles. The quantitative estimate of drug-likeness (QED) is 0.678. The number of carbonyl (C=O) groups excluding carboxylic acids is 1. The number of nitrogens with one attached hydrogen (secondary N) is 1. The number of hydrogen-bond acceptors (Lipinski definition) is 3. The van der Waals surface area contributed by atoms with Crippen molar-refractivity contribution in [3.8, 4) is 0 Å². The third kappa shape index (κ3) is 4.84. The Kier molecular flexibility index (Phi) is 5.91. The van der Waals surface area contributed by atoms with Gasteiger partial charge in [0, 0.05) is 16.5 Å². The minimum absolute atomic E-state index is 0.204. The molecule has 134 valence electrons. The van der Waals surface area contributed by atoms with E-state index in [9.17, 15) is 9.00 Å². The largest absolute Gasteiger partial charge is 0.455 e. The number of hydrogen-bond donors (Lipinski definition) is 1. The fourth-order valence-electron chi connectivity index (χ4n) is 2.35. The van der Waals surface area contributed by atoms with Crippen molar-refractivity contribution in [2.24, 2.45) is 0 Å². The van der Waals surface area contributed by atoms with Crippen LogP contribution in [0.3, 0.4) is 0 Å². The standard InChI is InChI=1S/C20H18ClNO3S/c1-14-2-9-18(10-3-14)26(24)13-17-8-11-19(25-17)20(23)22-12-15-4-6-16(21)7-5-15/h2-11H,12-13H2,1H3,(H,22,23). The van der Waals surface area contributed by atoms with Gasteiger partial charge in [-0.05, 0) is 48.9 Å². The SMILES string of the molecule is Cc1ccc(S(=O)Cc2ccc(C(=O)NCc3ccc(Cl)cc3)o2)cc1. The first kappa shape index (κ1) is 18.4. The Morgan fingerprint density at radius 3 is 2.42 bits per heavy atom. The van der Waals surface area contributed by atoms with E-state index in [-0.39, 0.29) is 17.4 Å². The molecule has 2 aromatic carbocycles. The molecule has 1 heterocycles. The first-order chi connectivity index (χ1) is 12.5. The predicted octanol–water partition coefficient (Wildman–Crippen LogP) is 4.48. The van der Waals surface area contributed by atoms with E-state index in [1.54, 1.807) is 24.3 Å². The summed E-state index contributed by atoms with van der Waals surface area (Å²) in [5.74, 6) is 0.635. The molecule has 1 atom stereocenters. The molecule has 6 heteroatoms. The van der Waals surface area contributed by atoms with Crippen molar-refractivity contribution in [3.63, 3.8) is 0 Å². The molecule has 0 aliphatic carbocycles. The molecule has 0 aliphatic rings. The van der Waals surface area contributed by atoms with Crippen molar-refractivity contribution in [3.05, 3.63) is 88.3 Å². The predicted molar refractivity (Wildman–Crippen MR) is 103 cm³/mol. The lowest BCUT2D eigenvalue weighted by Gasteiger charge is -2.04. The van der Waals surface area contributed by atoms with Crippen LogP contribution in [0, 0.1) is 6.92 Å². The second kappa shape index (κ2) is 8.34. The van der Waals surface area contributed by atoms with Crippen molar-refractivity contribution in [2.75, 3.05) is 0 Å². The zero-order valence-electron chi connectivity index (χ0n) is 14.2. The average Bonchev–Trinajstić information content (AvgIpc) is 3.10. The number of furan rings is 1. The summed E-state index contributed by atoms with van der Waals surface area (Å²) in [7, 11) is -1.22. The molecule has 3 rings (SSSR count). The highest BCUT2D eigenvalue weighted by atomic mass is 35.5. The maximum atomic E-state index is 12.4. The molecular formula is C20H18ClNO3S. The van der Waals surface area contributed by atoms with Gasteiger partial charge in [0.25, 0.3) is 5.91 Å². The van der Waals surface area contributed by atoms with Crippen molar-refractivity contribution in [1.29, 1.82) is 0 Å². The van der Waals surface area contributed by atoms with E-state index < -0.39 is 10.8 Å². The Hall–Kier alpha value is -2.37. The fourth-order valence-corrected chi connectivity index (χ4v) is 3.50. The minimum Gasteiger partial charge on any atom is -0.455 e. The lowest BCUT2D eigenvalue weighted by Crippen LogP contribution is -2.22. The van der Waals surface area contributed by atoms with Gasteiger partial charge < -0.3 is 9.73 Å². The summed E-state index contributed by atoms with van der Waals surface area (Å²) in [6.07, 6.45) is 0. The van der Waals surface area contributed by atoms with Crippen molar-refractivity contribution < 1.29 is 13.4 Å². The minimum atomic E-state index is -1.22. The van der Waals surface area contributed by atoms with Crippen LogP contribution in [0.2, 0.25) is 5.02 Å². The average molecular weight is 388 g/mol. The van der Waals surface area contributed by atoms with Crippen LogP contribution >= 0.6 is 11.6 Å². The lowest BCUT2D eigenvalue weighted by molar-refractivity contribution is 0.0921. The number of benzene rings is 2. The highest BCUT2D eigenvalue weighted by molar-refractivity contribution is 7.84. The molecule has 0 fully saturated rings. The molecular weight excluding hydrogens is 370 g/mol. The Morgan fingerprint density at radius 2 is 1.73 bits per heavy atom. The van der Waals surface area contributed by atoms with E-state index in [0.29, 0.717) is 17.3 Å². The first-order valence-electron chi connectivity index (χ1n) is 8.07. The topological polar surface area (TPSA) is 59.3 Å². The molecule has 0 spiro atoms. The van der Waals surface area contributed by atoms with Crippen molar-refractivity contribution in [2.45, 2.75) is 24.1 Å². The maximum Gasteiger partial charge on any atom is 0.287 e. The van der Waals surface area contributed by atoms with E-state index in [0.717, 1.165) is 16.0 Å². The summed E-state index contributed by atoms with van der Waals surface area (Å²) in [5, 5.41) is 3.44. The van der Waals surface area contributed by atoms with Crippen LogP contribution in [-0.4, -0.2) is 10.1 Å². The van der Waals surface area contributed by atoms with Gasteiger partial charge in [-0.2, -0.15) is 0 Å². The second-order valence-corrected chi connectivity index (χ2v) is 7.77. The summed E-state index contributed by atoms with van der Waals surface area (Å²) in [6, 6.07) is 18.0. The smallest absolute Gasteiger partial charge is 0.287 e. The molecule has 26 heavy (non-hydrogen) atoms. The van der Waals surface area contributed by atoms with Gasteiger partial charge >= 0.3 is 0 Å². The van der Waals surface area contributed by atoms with Crippen molar-refractivity contribution in [1.82, 2.24) is 5.32 Å². The Morgan fingerprint density at radius 1 is 1.04 bits per heavy atom. The van der Waals surface area contributed by atoms with E-state index in [1.807, 2.05) is 43.3 Å². The number of amides is 1. The number of aryl methyl sites for hydroxylation is 1. The summed E-state index contributed by atoms with van der Waals surface area (Å²) < 4.78 is 17.9. The number of halogens is 1. The molecule has 1 aromatic heterocycles. The molecule has 0 saturated carbocycles. The first-order valence-corrected chi connectivity index (χ1v) is 9.77. The molecule has 0 radical (unpaired) electrons. The van der Waals surface area contributed by atoms with Crippen LogP contribution in [0.25, 0.3) is 0 Å². The summed E-state index contributed by atoms with van der Waals surface area (Å²) in [5.41, 5.74) is 2.05. The van der Waals surface area contributed by atoms with Gasteiger partial charge in [-0.25, -0.2) is 0 Å². The normalized spacial score (nSPS) is 11.9. The van der Waals surface area contributed by atoms with Crippen LogP contribution in [-0.2, 0) is 23.1 Å². The fraction of sp³-hybridized carbons (Fsp3) is 0.150. The molecule has 1 unspecified atom stereocenters. The van der Waals surface area contributed by atoms with Gasteiger partial charge in [-0.1, -0.05) is 41.4 Å². The zero-order valence-corrected chi connectivity index (χ0v) is 15.8. The van der Waals surface area contributed by atoms with Crippen LogP contribution < -0.4 is 5.32 Å². The Bertz CT molecular complexity index is 917. The van der Waals surface area contributed by atoms with Gasteiger partial charge in [-0.15, -0.1) is 0 Å².